The van der Waals surface area contributed by atoms with Crippen LogP contribution in [0.1, 0.15) is 64.0 Å². The Kier molecular flexibility index (Phi) is 6.38. The van der Waals surface area contributed by atoms with Crippen LogP contribution in [-0.4, -0.2) is 6.54 Å². The van der Waals surface area contributed by atoms with Gasteiger partial charge in [-0.2, -0.15) is 0 Å². The van der Waals surface area contributed by atoms with Crippen LogP contribution >= 0.6 is 11.6 Å². The fraction of sp³-hybridized carbons (Fsp3) is 0.667. The van der Waals surface area contributed by atoms with Gasteiger partial charge in [0, 0.05) is 11.1 Å². The summed E-state index contributed by atoms with van der Waals surface area (Å²) < 4.78 is 0. The van der Waals surface area contributed by atoms with Crippen molar-refractivity contribution < 1.29 is 0 Å². The maximum atomic E-state index is 6.10. The van der Waals surface area contributed by atoms with Gasteiger partial charge in [0.25, 0.3) is 0 Å². The molecule has 2 rings (SSSR count). The van der Waals surface area contributed by atoms with Crippen LogP contribution in [0.3, 0.4) is 0 Å². The van der Waals surface area contributed by atoms with Gasteiger partial charge in [0.1, 0.15) is 0 Å². The summed E-state index contributed by atoms with van der Waals surface area (Å²) in [6, 6.07) is 8.72. The molecule has 20 heavy (non-hydrogen) atoms. The van der Waals surface area contributed by atoms with Crippen molar-refractivity contribution in [1.82, 2.24) is 5.32 Å². The monoisotopic (exact) mass is 293 g/mol. The summed E-state index contributed by atoms with van der Waals surface area (Å²) in [4.78, 5) is 0. The molecule has 0 heterocycles. The van der Waals surface area contributed by atoms with E-state index < -0.39 is 0 Å². The first-order valence-electron chi connectivity index (χ1n) is 8.21. The molecule has 1 fully saturated rings. The lowest BCUT2D eigenvalue weighted by Crippen LogP contribution is -2.29. The second-order valence-corrected chi connectivity index (χ2v) is 6.66. The van der Waals surface area contributed by atoms with Gasteiger partial charge in [-0.15, -0.1) is 0 Å². The molecule has 0 aromatic heterocycles. The number of benzene rings is 1. The number of hydrogen-bond donors (Lipinski definition) is 1. The summed E-state index contributed by atoms with van der Waals surface area (Å²) in [6.45, 7) is 5.73. The molecule has 1 unspecified atom stereocenters. The van der Waals surface area contributed by atoms with E-state index in [9.17, 15) is 0 Å². The van der Waals surface area contributed by atoms with Crippen molar-refractivity contribution in [3.63, 3.8) is 0 Å². The van der Waals surface area contributed by atoms with Crippen LogP contribution in [0, 0.1) is 11.8 Å². The maximum Gasteiger partial charge on any atom is 0.0409 e. The molecule has 1 N–H and O–H groups in total. The van der Waals surface area contributed by atoms with Crippen LogP contribution in [-0.2, 0) is 0 Å². The quantitative estimate of drug-likeness (QED) is 0.720. The molecule has 2 heteroatoms. The van der Waals surface area contributed by atoms with Crippen molar-refractivity contribution in [2.45, 2.75) is 58.4 Å². The first-order valence-corrected chi connectivity index (χ1v) is 8.59. The summed E-state index contributed by atoms with van der Waals surface area (Å²) in [5.74, 6) is 1.85. The van der Waals surface area contributed by atoms with Crippen molar-refractivity contribution in [2.75, 3.05) is 6.54 Å². The molecule has 1 aromatic rings. The van der Waals surface area contributed by atoms with E-state index in [0.29, 0.717) is 6.04 Å². The molecular formula is C18H28ClN. The fourth-order valence-electron chi connectivity index (χ4n) is 3.37. The minimum Gasteiger partial charge on any atom is -0.310 e. The van der Waals surface area contributed by atoms with Gasteiger partial charge in [-0.25, -0.2) is 0 Å². The van der Waals surface area contributed by atoms with Crippen molar-refractivity contribution in [2.24, 2.45) is 11.8 Å². The molecule has 0 bridgehead atoms. The van der Waals surface area contributed by atoms with Crippen LogP contribution < -0.4 is 5.32 Å². The number of rotatable bonds is 6. The van der Waals surface area contributed by atoms with E-state index in [1.165, 1.54) is 37.7 Å². The minimum absolute atomic E-state index is 0.442. The largest absolute Gasteiger partial charge is 0.310 e. The molecule has 0 amide bonds. The Morgan fingerprint density at radius 2 is 1.85 bits per heavy atom. The number of nitrogens with one attached hydrogen (secondary N) is 1. The Balaban J connectivity index is 1.82. The molecule has 0 spiro atoms. The Labute approximate surface area is 129 Å². The highest BCUT2D eigenvalue weighted by Crippen LogP contribution is 2.30. The third kappa shape index (κ3) is 4.49. The second kappa shape index (κ2) is 8.05. The lowest BCUT2D eigenvalue weighted by molar-refractivity contribution is 0.256. The van der Waals surface area contributed by atoms with E-state index in [1.54, 1.807) is 0 Å². The molecule has 1 saturated carbocycles. The first kappa shape index (κ1) is 15.9. The van der Waals surface area contributed by atoms with Gasteiger partial charge in [0.05, 0.1) is 0 Å². The van der Waals surface area contributed by atoms with Gasteiger partial charge in [0.15, 0.2) is 0 Å². The SMILES string of the molecule is CCC1CCC(CNC(CC)c2cccc(Cl)c2)CC1. The molecule has 1 nitrogen and oxygen atoms in total. The van der Waals surface area contributed by atoms with Crippen molar-refractivity contribution in [3.8, 4) is 0 Å². The first-order chi connectivity index (χ1) is 9.72. The zero-order chi connectivity index (χ0) is 14.4. The van der Waals surface area contributed by atoms with E-state index in [0.717, 1.165) is 29.8 Å². The molecular weight excluding hydrogens is 266 g/mol. The highest BCUT2D eigenvalue weighted by molar-refractivity contribution is 6.30. The van der Waals surface area contributed by atoms with Gasteiger partial charge in [0.2, 0.25) is 0 Å². The Morgan fingerprint density at radius 3 is 2.45 bits per heavy atom. The Morgan fingerprint density at radius 1 is 1.15 bits per heavy atom. The molecule has 0 aliphatic heterocycles. The summed E-state index contributed by atoms with van der Waals surface area (Å²) in [5.41, 5.74) is 1.32. The van der Waals surface area contributed by atoms with Crippen molar-refractivity contribution in [1.29, 1.82) is 0 Å². The third-order valence-corrected chi connectivity index (χ3v) is 5.09. The van der Waals surface area contributed by atoms with Gasteiger partial charge >= 0.3 is 0 Å². The zero-order valence-corrected chi connectivity index (χ0v) is 13.6. The van der Waals surface area contributed by atoms with Crippen LogP contribution in [0.15, 0.2) is 24.3 Å². The van der Waals surface area contributed by atoms with Crippen molar-refractivity contribution in [3.05, 3.63) is 34.9 Å². The number of hydrogen-bond acceptors (Lipinski definition) is 1. The van der Waals surface area contributed by atoms with Crippen LogP contribution in [0.4, 0.5) is 0 Å². The van der Waals surface area contributed by atoms with Gasteiger partial charge in [-0.3, -0.25) is 0 Å². The van der Waals surface area contributed by atoms with E-state index in [4.69, 9.17) is 11.6 Å². The standard InChI is InChI=1S/C18H28ClN/c1-3-14-8-10-15(11-9-14)13-20-18(4-2)16-6-5-7-17(19)12-16/h5-7,12,14-15,18,20H,3-4,8-11,13H2,1-2H3. The number of halogens is 1. The van der Waals surface area contributed by atoms with Gasteiger partial charge < -0.3 is 5.32 Å². The highest BCUT2D eigenvalue weighted by Gasteiger charge is 2.20. The average Bonchev–Trinajstić information content (AvgIpc) is 2.48. The predicted octanol–water partition coefficient (Wildman–Crippen LogP) is 5.60. The van der Waals surface area contributed by atoms with Gasteiger partial charge in [-0.05, 0) is 55.3 Å². The summed E-state index contributed by atoms with van der Waals surface area (Å²) in [7, 11) is 0. The molecule has 1 aliphatic rings. The maximum absolute atomic E-state index is 6.10. The smallest absolute Gasteiger partial charge is 0.0409 e. The van der Waals surface area contributed by atoms with Crippen LogP contribution in [0.2, 0.25) is 5.02 Å². The topological polar surface area (TPSA) is 12.0 Å². The lowest BCUT2D eigenvalue weighted by atomic mass is 9.81. The average molecular weight is 294 g/mol. The lowest BCUT2D eigenvalue weighted by Gasteiger charge is -2.29. The summed E-state index contributed by atoms with van der Waals surface area (Å²) in [5, 5.41) is 4.60. The fourth-order valence-corrected chi connectivity index (χ4v) is 3.57. The van der Waals surface area contributed by atoms with Crippen LogP contribution in [0.5, 0.6) is 0 Å². The molecule has 0 saturated heterocycles. The highest BCUT2D eigenvalue weighted by atomic mass is 35.5. The summed E-state index contributed by atoms with van der Waals surface area (Å²) in [6.07, 6.45) is 8.13. The predicted molar refractivity (Wildman–Crippen MR) is 88.2 cm³/mol. The summed E-state index contributed by atoms with van der Waals surface area (Å²) >= 11 is 6.10. The normalized spacial score (nSPS) is 24.6. The second-order valence-electron chi connectivity index (χ2n) is 6.22. The van der Waals surface area contributed by atoms with Crippen molar-refractivity contribution >= 4 is 11.6 Å². The van der Waals surface area contributed by atoms with E-state index in [2.05, 4.69) is 37.4 Å². The van der Waals surface area contributed by atoms with Crippen LogP contribution in [0.25, 0.3) is 0 Å². The Hall–Kier alpha value is -0.530. The third-order valence-electron chi connectivity index (χ3n) is 4.86. The van der Waals surface area contributed by atoms with E-state index >= 15 is 0 Å². The molecule has 112 valence electrons. The minimum atomic E-state index is 0.442. The Bertz CT molecular complexity index is 396. The van der Waals surface area contributed by atoms with E-state index in [-0.39, 0.29) is 0 Å². The van der Waals surface area contributed by atoms with Gasteiger partial charge in [-0.1, -0.05) is 56.8 Å². The molecule has 1 atom stereocenters. The molecule has 0 radical (unpaired) electrons. The molecule has 1 aromatic carbocycles. The zero-order valence-electron chi connectivity index (χ0n) is 12.9. The van der Waals surface area contributed by atoms with E-state index in [1.807, 2.05) is 6.07 Å². The molecule has 1 aliphatic carbocycles.